The van der Waals surface area contributed by atoms with Gasteiger partial charge in [0.2, 0.25) is 5.88 Å². The number of benzene rings is 2. The molecule has 0 spiro atoms. The highest BCUT2D eigenvalue weighted by Crippen LogP contribution is 2.21. The average molecular weight is 456 g/mol. The number of aromatic hydroxyl groups is 1. The standard InChI is InChI=1S/C21H18BrN3O4/c22-16-4-8-18(9-5-16)29-19-10-3-15(13-25-19)21(28)24-12-11-23-20(27)14-1-6-17(26)7-2-14/h1-10,13,26H,11-12H2,(H,23,27)(H,24,28). The number of phenolic OH excluding ortho intramolecular Hbond substituents is 1. The van der Waals surface area contributed by atoms with Crippen LogP contribution in [0.1, 0.15) is 20.7 Å². The smallest absolute Gasteiger partial charge is 0.252 e. The van der Waals surface area contributed by atoms with Crippen LogP contribution in [0.4, 0.5) is 0 Å². The van der Waals surface area contributed by atoms with Crippen LogP contribution in [0.5, 0.6) is 17.4 Å². The van der Waals surface area contributed by atoms with Crippen molar-refractivity contribution in [2.45, 2.75) is 0 Å². The average Bonchev–Trinajstić information content (AvgIpc) is 2.73. The topological polar surface area (TPSA) is 101 Å². The highest BCUT2D eigenvalue weighted by molar-refractivity contribution is 9.10. The summed E-state index contributed by atoms with van der Waals surface area (Å²) in [6.07, 6.45) is 1.43. The maximum atomic E-state index is 12.2. The number of hydrogen-bond acceptors (Lipinski definition) is 5. The predicted molar refractivity (Wildman–Crippen MR) is 111 cm³/mol. The number of amides is 2. The fourth-order valence-electron chi connectivity index (χ4n) is 2.37. The van der Waals surface area contributed by atoms with Crippen molar-refractivity contribution >= 4 is 27.7 Å². The molecule has 3 N–H and O–H groups in total. The van der Waals surface area contributed by atoms with Crippen molar-refractivity contribution < 1.29 is 19.4 Å². The Balaban J connectivity index is 1.43. The molecule has 0 fully saturated rings. The van der Waals surface area contributed by atoms with Gasteiger partial charge in [-0.2, -0.15) is 0 Å². The monoisotopic (exact) mass is 455 g/mol. The van der Waals surface area contributed by atoms with Crippen LogP contribution >= 0.6 is 15.9 Å². The van der Waals surface area contributed by atoms with Crippen molar-refractivity contribution in [3.05, 3.63) is 82.5 Å². The molecule has 0 atom stereocenters. The van der Waals surface area contributed by atoms with Crippen molar-refractivity contribution in [2.24, 2.45) is 0 Å². The van der Waals surface area contributed by atoms with Gasteiger partial charge in [-0.3, -0.25) is 9.59 Å². The van der Waals surface area contributed by atoms with Gasteiger partial charge in [-0.15, -0.1) is 0 Å². The van der Waals surface area contributed by atoms with E-state index in [0.29, 0.717) is 22.8 Å². The van der Waals surface area contributed by atoms with Gasteiger partial charge in [0.15, 0.2) is 0 Å². The molecule has 2 aromatic carbocycles. The molecule has 0 bridgehead atoms. The molecule has 2 amide bonds. The van der Waals surface area contributed by atoms with Gasteiger partial charge in [-0.05, 0) is 54.6 Å². The van der Waals surface area contributed by atoms with Crippen LogP contribution in [-0.2, 0) is 0 Å². The number of phenols is 1. The van der Waals surface area contributed by atoms with E-state index in [1.165, 1.54) is 30.5 Å². The highest BCUT2D eigenvalue weighted by Gasteiger charge is 2.08. The molecule has 0 radical (unpaired) electrons. The van der Waals surface area contributed by atoms with E-state index in [9.17, 15) is 14.7 Å². The van der Waals surface area contributed by atoms with Gasteiger partial charge in [0, 0.05) is 35.4 Å². The van der Waals surface area contributed by atoms with Gasteiger partial charge >= 0.3 is 0 Å². The Morgan fingerprint density at radius 1 is 0.862 bits per heavy atom. The molecule has 0 unspecified atom stereocenters. The Morgan fingerprint density at radius 3 is 2.03 bits per heavy atom. The van der Waals surface area contributed by atoms with Crippen LogP contribution in [0.25, 0.3) is 0 Å². The summed E-state index contributed by atoms with van der Waals surface area (Å²) in [7, 11) is 0. The summed E-state index contributed by atoms with van der Waals surface area (Å²) in [4.78, 5) is 28.2. The quantitative estimate of drug-likeness (QED) is 0.473. The van der Waals surface area contributed by atoms with Gasteiger partial charge in [0.25, 0.3) is 11.8 Å². The third-order valence-corrected chi connectivity index (χ3v) is 4.39. The molecule has 3 aromatic rings. The first-order chi connectivity index (χ1) is 14.0. The molecule has 1 heterocycles. The molecule has 29 heavy (non-hydrogen) atoms. The molecule has 0 aliphatic carbocycles. The normalized spacial score (nSPS) is 10.2. The lowest BCUT2D eigenvalue weighted by Gasteiger charge is -2.08. The van der Waals surface area contributed by atoms with Crippen molar-refractivity contribution in [3.63, 3.8) is 0 Å². The minimum Gasteiger partial charge on any atom is -0.508 e. The SMILES string of the molecule is O=C(NCCNC(=O)c1ccc(Oc2ccc(Br)cc2)nc1)c1ccc(O)cc1. The Morgan fingerprint density at radius 2 is 1.45 bits per heavy atom. The van der Waals surface area contributed by atoms with Crippen LogP contribution in [0.3, 0.4) is 0 Å². The van der Waals surface area contributed by atoms with Gasteiger partial charge in [-0.1, -0.05) is 15.9 Å². The van der Waals surface area contributed by atoms with Crippen LogP contribution in [0, 0.1) is 0 Å². The number of carbonyl (C=O) groups is 2. The number of halogens is 1. The Hall–Kier alpha value is -3.39. The van der Waals surface area contributed by atoms with Crippen molar-refractivity contribution in [2.75, 3.05) is 13.1 Å². The minimum atomic E-state index is -0.299. The summed E-state index contributed by atoms with van der Waals surface area (Å²) < 4.78 is 6.56. The van der Waals surface area contributed by atoms with Crippen LogP contribution < -0.4 is 15.4 Å². The maximum absolute atomic E-state index is 12.2. The molecular weight excluding hydrogens is 438 g/mol. The number of carbonyl (C=O) groups excluding carboxylic acids is 2. The number of aromatic nitrogens is 1. The lowest BCUT2D eigenvalue weighted by molar-refractivity contribution is 0.0927. The van der Waals surface area contributed by atoms with E-state index < -0.39 is 0 Å². The first kappa shape index (κ1) is 20.3. The molecule has 0 saturated carbocycles. The molecular formula is C21H18BrN3O4. The summed E-state index contributed by atoms with van der Waals surface area (Å²) in [5, 5.41) is 14.6. The zero-order valence-corrected chi connectivity index (χ0v) is 16.8. The molecule has 7 nitrogen and oxygen atoms in total. The first-order valence-electron chi connectivity index (χ1n) is 8.76. The molecule has 0 aliphatic heterocycles. The number of ether oxygens (including phenoxy) is 1. The molecule has 0 saturated heterocycles. The van der Waals surface area contributed by atoms with E-state index in [-0.39, 0.29) is 30.7 Å². The van der Waals surface area contributed by atoms with E-state index in [1.807, 2.05) is 12.1 Å². The number of nitrogens with one attached hydrogen (secondary N) is 2. The van der Waals surface area contributed by atoms with Crippen LogP contribution in [0.2, 0.25) is 0 Å². The summed E-state index contributed by atoms with van der Waals surface area (Å²) in [5.41, 5.74) is 0.817. The number of rotatable bonds is 7. The zero-order chi connectivity index (χ0) is 20.6. The number of hydrogen-bond donors (Lipinski definition) is 3. The fourth-order valence-corrected chi connectivity index (χ4v) is 2.63. The highest BCUT2D eigenvalue weighted by atomic mass is 79.9. The predicted octanol–water partition coefficient (Wildman–Crippen LogP) is 3.50. The molecule has 8 heteroatoms. The van der Waals surface area contributed by atoms with Crippen LogP contribution in [-0.4, -0.2) is 35.0 Å². The molecule has 3 rings (SSSR count). The van der Waals surface area contributed by atoms with E-state index in [1.54, 1.807) is 24.3 Å². The van der Waals surface area contributed by atoms with Crippen molar-refractivity contribution in [3.8, 4) is 17.4 Å². The summed E-state index contributed by atoms with van der Waals surface area (Å²) in [6, 6.07) is 16.5. The van der Waals surface area contributed by atoms with Gasteiger partial charge in [-0.25, -0.2) is 4.98 Å². The van der Waals surface area contributed by atoms with E-state index >= 15 is 0 Å². The van der Waals surface area contributed by atoms with Crippen LogP contribution in [0.15, 0.2) is 71.3 Å². The summed E-state index contributed by atoms with van der Waals surface area (Å²) >= 11 is 3.36. The molecule has 0 aliphatic rings. The second-order valence-corrected chi connectivity index (χ2v) is 6.92. The summed E-state index contributed by atoms with van der Waals surface area (Å²) in [5.74, 6) is 0.532. The van der Waals surface area contributed by atoms with Gasteiger partial charge in [0.1, 0.15) is 11.5 Å². The van der Waals surface area contributed by atoms with E-state index in [2.05, 4.69) is 31.5 Å². The summed E-state index contributed by atoms with van der Waals surface area (Å²) in [6.45, 7) is 0.531. The Bertz CT molecular complexity index is 974. The molecule has 148 valence electrons. The lowest BCUT2D eigenvalue weighted by Crippen LogP contribution is -2.34. The van der Waals surface area contributed by atoms with Crippen molar-refractivity contribution in [1.29, 1.82) is 0 Å². The second-order valence-electron chi connectivity index (χ2n) is 6.00. The molecule has 1 aromatic heterocycles. The van der Waals surface area contributed by atoms with E-state index in [4.69, 9.17) is 4.74 Å². The van der Waals surface area contributed by atoms with Gasteiger partial charge in [0.05, 0.1) is 5.56 Å². The lowest BCUT2D eigenvalue weighted by atomic mass is 10.2. The zero-order valence-electron chi connectivity index (χ0n) is 15.3. The number of nitrogens with zero attached hydrogens (tertiary/aromatic N) is 1. The van der Waals surface area contributed by atoms with E-state index in [0.717, 1.165) is 4.47 Å². The number of pyridine rings is 1. The maximum Gasteiger partial charge on any atom is 0.252 e. The Kier molecular flexibility index (Phi) is 6.80. The second kappa shape index (κ2) is 9.70. The third-order valence-electron chi connectivity index (χ3n) is 3.86. The fraction of sp³-hybridized carbons (Fsp3) is 0.0952. The largest absolute Gasteiger partial charge is 0.508 e. The minimum absolute atomic E-state index is 0.0932. The third kappa shape index (κ3) is 6.05. The first-order valence-corrected chi connectivity index (χ1v) is 9.55. The van der Waals surface area contributed by atoms with Crippen molar-refractivity contribution in [1.82, 2.24) is 15.6 Å². The van der Waals surface area contributed by atoms with Gasteiger partial charge < -0.3 is 20.5 Å². The Labute approximate surface area is 175 Å².